The average Bonchev–Trinajstić information content (AvgIpc) is 4.07. The largest absolute Gasteiger partial charge is 0.504 e. The molecule has 18 nitrogen and oxygen atoms in total. The Labute approximate surface area is 461 Å². The zero-order valence-corrected chi connectivity index (χ0v) is 45.1. The fraction of sp³-hybridized carbons (Fsp3) is 0.492. The number of hydrogen-bond donors (Lipinski definition) is 10. The molecule has 6 aliphatic rings. The van der Waals surface area contributed by atoms with Gasteiger partial charge >= 0.3 is 5.97 Å². The zero-order valence-electron chi connectivity index (χ0n) is 45.1. The van der Waals surface area contributed by atoms with Crippen molar-refractivity contribution in [3.05, 3.63) is 119 Å². The molecule has 3 aromatic heterocycles. The molecule has 1 spiro atoms. The number of phenols is 3. The maximum Gasteiger partial charge on any atom is 0.302 e. The maximum absolute atomic E-state index is 12.9. The number of H-pyrrole nitrogens is 1. The van der Waals surface area contributed by atoms with E-state index in [1.165, 1.54) is 18.6 Å². The summed E-state index contributed by atoms with van der Waals surface area (Å²) in [5, 5.41) is 59.9. The summed E-state index contributed by atoms with van der Waals surface area (Å²) in [5.74, 6) is 7.66. The van der Waals surface area contributed by atoms with Gasteiger partial charge in [-0.1, -0.05) is 30.0 Å². The molecule has 4 aliphatic heterocycles. The second kappa shape index (κ2) is 23.6. The van der Waals surface area contributed by atoms with E-state index < -0.39 is 35.9 Å². The number of nitrogens with one attached hydrogen (secondary N) is 5. The molecule has 2 bridgehead atoms. The van der Waals surface area contributed by atoms with Crippen molar-refractivity contribution in [2.75, 3.05) is 39.9 Å². The van der Waals surface area contributed by atoms with E-state index in [0.717, 1.165) is 59.8 Å². The molecular formula is C61H75N9O9. The van der Waals surface area contributed by atoms with Crippen molar-refractivity contribution >= 4 is 22.8 Å². The number of phenolic OH excluding ortho intramolecular Hbond substituents is 3. The van der Waals surface area contributed by atoms with Gasteiger partial charge in [0.15, 0.2) is 29.0 Å². The van der Waals surface area contributed by atoms with Crippen LogP contribution < -0.4 is 36.5 Å². The molecule has 418 valence electrons. The molecule has 11 N–H and O–H groups in total. The lowest BCUT2D eigenvalue weighted by molar-refractivity contribution is -0.196. The van der Waals surface area contributed by atoms with E-state index in [-0.39, 0.29) is 72.0 Å². The molecule has 2 saturated carbocycles. The molecule has 2 saturated heterocycles. The predicted octanol–water partition coefficient (Wildman–Crippen LogP) is 6.67. The Morgan fingerprint density at radius 3 is 2.77 bits per heavy atom. The Morgan fingerprint density at radius 1 is 1.05 bits per heavy atom. The molecule has 0 unspecified atom stereocenters. The number of aliphatic hydroxyl groups is 1. The summed E-state index contributed by atoms with van der Waals surface area (Å²) in [7, 11) is 1.99. The number of guanidine groups is 1. The highest BCUT2D eigenvalue weighted by Crippen LogP contribution is 2.52. The van der Waals surface area contributed by atoms with Gasteiger partial charge in [0.05, 0.1) is 41.6 Å². The number of benzene rings is 2. The molecule has 79 heavy (non-hydrogen) atoms. The summed E-state index contributed by atoms with van der Waals surface area (Å²) in [6.45, 7) is 3.59. The van der Waals surface area contributed by atoms with E-state index in [9.17, 15) is 25.2 Å². The zero-order chi connectivity index (χ0) is 54.6. The van der Waals surface area contributed by atoms with Gasteiger partial charge < -0.3 is 75.9 Å². The molecule has 0 amide bonds. The first-order valence-corrected chi connectivity index (χ1v) is 28.3. The Kier molecular flexibility index (Phi) is 16.0. The van der Waals surface area contributed by atoms with Gasteiger partial charge in [0.2, 0.25) is 5.75 Å². The van der Waals surface area contributed by atoms with Crippen molar-refractivity contribution in [3.8, 4) is 40.6 Å². The van der Waals surface area contributed by atoms with Crippen LogP contribution in [0.2, 0.25) is 0 Å². The van der Waals surface area contributed by atoms with Gasteiger partial charge in [-0.3, -0.25) is 14.8 Å². The molecular weight excluding hydrogens is 1000 g/mol. The monoisotopic (exact) mass is 1080 g/mol. The Hall–Kier alpha value is -7.33. The van der Waals surface area contributed by atoms with Gasteiger partial charge in [0.1, 0.15) is 18.4 Å². The number of aromatic amines is 1. The normalized spacial score (nSPS) is 28.6. The van der Waals surface area contributed by atoms with Crippen molar-refractivity contribution < 1.29 is 44.2 Å². The number of ether oxygens (including phenoxy) is 4. The van der Waals surface area contributed by atoms with Crippen LogP contribution in [0.3, 0.4) is 0 Å². The first-order chi connectivity index (χ1) is 38.5. The number of nitrogens with zero attached hydrogens (tertiary/aromatic N) is 3. The highest BCUT2D eigenvalue weighted by atomic mass is 16.6. The van der Waals surface area contributed by atoms with Crippen molar-refractivity contribution in [3.63, 3.8) is 0 Å². The van der Waals surface area contributed by atoms with Crippen molar-refractivity contribution in [1.29, 1.82) is 0 Å². The van der Waals surface area contributed by atoms with Crippen molar-refractivity contribution in [2.45, 2.75) is 120 Å². The topological polar surface area (TPSA) is 255 Å². The van der Waals surface area contributed by atoms with Gasteiger partial charge in [-0.25, -0.2) is 0 Å². The third-order valence-corrected chi connectivity index (χ3v) is 17.3. The number of aryl methyl sites for hydroxylation is 1. The summed E-state index contributed by atoms with van der Waals surface area (Å²) in [6, 6.07) is 14.7. The molecule has 4 fully saturated rings. The van der Waals surface area contributed by atoms with Crippen LogP contribution in [0.15, 0.2) is 102 Å². The molecule has 2 aromatic carbocycles. The number of rotatable bonds is 16. The van der Waals surface area contributed by atoms with Crippen LogP contribution in [0, 0.1) is 41.4 Å². The lowest BCUT2D eigenvalue weighted by atomic mass is 9.62. The average molecular weight is 1080 g/mol. The number of aromatic nitrogens is 3. The molecule has 11 atom stereocenters. The van der Waals surface area contributed by atoms with Crippen LogP contribution in [-0.2, 0) is 33.5 Å². The van der Waals surface area contributed by atoms with Crippen LogP contribution in [0.25, 0.3) is 10.9 Å². The Morgan fingerprint density at radius 2 is 1.95 bits per heavy atom. The number of allylic oxidation sites excluding steroid dienone is 2. The molecule has 7 heterocycles. The van der Waals surface area contributed by atoms with E-state index in [2.05, 4.69) is 66.0 Å². The lowest BCUT2D eigenvalue weighted by Crippen LogP contribution is -2.73. The minimum atomic E-state index is -0.714. The maximum atomic E-state index is 12.9. The third kappa shape index (κ3) is 11.3. The van der Waals surface area contributed by atoms with E-state index >= 15 is 0 Å². The molecule has 0 radical (unpaired) electrons. The van der Waals surface area contributed by atoms with Crippen LogP contribution in [0.5, 0.6) is 28.7 Å². The summed E-state index contributed by atoms with van der Waals surface area (Å²) in [5.41, 5.74) is 11.2. The Balaban J connectivity index is 0.978. The van der Waals surface area contributed by atoms with Crippen LogP contribution in [0.1, 0.15) is 99.4 Å². The molecule has 5 aromatic rings. The smallest absolute Gasteiger partial charge is 0.302 e. The number of esters is 1. The minimum Gasteiger partial charge on any atom is -0.504 e. The van der Waals surface area contributed by atoms with Gasteiger partial charge in [0, 0.05) is 106 Å². The minimum absolute atomic E-state index is 0.0449. The van der Waals surface area contributed by atoms with E-state index in [4.69, 9.17) is 29.7 Å². The second-order valence-electron chi connectivity index (χ2n) is 22.3. The van der Waals surface area contributed by atoms with Gasteiger partial charge in [0.25, 0.3) is 0 Å². The number of aromatic hydroxyl groups is 3. The molecule has 11 rings (SSSR count). The number of carbonyl (C=O) groups excluding carboxylic acids is 1. The number of aliphatic imine (C=N–C) groups is 1. The number of pyridine rings is 1. The fourth-order valence-corrected chi connectivity index (χ4v) is 13.7. The first-order valence-electron chi connectivity index (χ1n) is 28.3. The number of carbonyl (C=O) groups is 1. The molecule has 18 heteroatoms. The van der Waals surface area contributed by atoms with Crippen LogP contribution in [-0.4, -0.2) is 111 Å². The van der Waals surface area contributed by atoms with E-state index in [1.807, 2.05) is 43.6 Å². The van der Waals surface area contributed by atoms with E-state index in [1.54, 1.807) is 24.5 Å². The predicted molar refractivity (Wildman–Crippen MR) is 299 cm³/mol. The van der Waals surface area contributed by atoms with Crippen molar-refractivity contribution in [1.82, 2.24) is 35.8 Å². The standard InChI is InChI=1S/C61H75N9O9/c1-36(72)77-53-32-52(41-30-50(74)57(75)55(31-41)76-26-19-38-8-4-21-64-33-38)79-58-43(53)14-12-40-13-15-45-51(78-54-28-39(27-44(40)58)11-16-49(54)73)10-3-20-61(45)46(34-63-2)59(70-35-47-42(18-24-65-47)48(70)9-6-25-71)68-60(69-61)67-22-5-7-37-17-23-66-56(62)29-37/h4,8,11,16-18,21,24,28-31,33,35,40,43-46,51-53,58-59,63,65-66,71,73-75H,3,5-7,9-10,12,14,19-20,22-23,25-27,32,34,62H2,1-2H3,(H2,67,68,69)/t40-,43-,44+,45-,46+,51+,52-,53-,58+,59+,61-/m0/s1. The summed E-state index contributed by atoms with van der Waals surface area (Å²) in [4.78, 5) is 25.9. The summed E-state index contributed by atoms with van der Waals surface area (Å²) in [6.07, 6.45) is 17.5. The summed E-state index contributed by atoms with van der Waals surface area (Å²) < 4.78 is 29.1. The number of fused-ring (bicyclic) bond motifs is 8. The van der Waals surface area contributed by atoms with Crippen LogP contribution >= 0.6 is 0 Å². The van der Waals surface area contributed by atoms with Gasteiger partial charge in [-0.2, -0.15) is 0 Å². The van der Waals surface area contributed by atoms with Crippen molar-refractivity contribution in [2.24, 2.45) is 40.3 Å². The number of aliphatic hydroxyl groups excluding tert-OH is 1. The fourth-order valence-electron chi connectivity index (χ4n) is 13.7. The highest BCUT2D eigenvalue weighted by molar-refractivity contribution is 5.84. The van der Waals surface area contributed by atoms with E-state index in [0.29, 0.717) is 87.7 Å². The SMILES string of the molecule is CNC[C@@H]1[C@@H](n2cc3[nH]ccc3c2CCCO)NC(=NCCCC2=CCNC(N)=C2)N[C@]12CCC[C@H]1Oc3cc(ccc3O)C[C@H]3[C@@H]4O[C@H](c5cc(O)c(O)c(OCCc6cccnc6)c5)C[C@H](OC(C)=O)[C@@H]4CC[C@H]3C#C[C@@H]12. The number of dihydropyridines is 1. The first kappa shape index (κ1) is 53.7. The number of nitrogens with two attached hydrogens (primary N) is 1. The quantitative estimate of drug-likeness (QED) is 0.0214. The second-order valence-corrected chi connectivity index (χ2v) is 22.3. The highest BCUT2D eigenvalue weighted by Gasteiger charge is 2.57. The van der Waals surface area contributed by atoms with Crippen LogP contribution in [0.4, 0.5) is 0 Å². The van der Waals surface area contributed by atoms with Gasteiger partial charge in [-0.05, 0) is 136 Å². The molecule has 2 aliphatic carbocycles. The number of hydrogen-bond acceptors (Lipinski definition) is 14. The van der Waals surface area contributed by atoms with Gasteiger partial charge in [-0.15, -0.1) is 0 Å². The Bertz CT molecular complexity index is 3140. The summed E-state index contributed by atoms with van der Waals surface area (Å²) >= 11 is 0. The lowest BCUT2D eigenvalue weighted by Gasteiger charge is -2.56. The third-order valence-electron chi connectivity index (χ3n) is 17.3.